The molecule has 4 heteroatoms. The van der Waals surface area contributed by atoms with Gasteiger partial charge in [0.25, 0.3) is 5.56 Å². The Hall–Kier alpha value is -1.94. The normalized spacial score (nSPS) is 10.9. The molecule has 0 saturated heterocycles. The molecule has 3 aromatic rings. The molecule has 0 spiro atoms. The van der Waals surface area contributed by atoms with Crippen LogP contribution in [0.25, 0.3) is 10.2 Å². The van der Waals surface area contributed by atoms with Gasteiger partial charge in [0, 0.05) is 6.42 Å². The minimum atomic E-state index is -0.0519. The maximum absolute atomic E-state index is 11.8. The number of hydrogen-bond donors (Lipinski definition) is 1. The van der Waals surface area contributed by atoms with Gasteiger partial charge in [-0.3, -0.25) is 4.79 Å². The number of aryl methyl sites for hydroxylation is 1. The number of thiophene rings is 1. The maximum Gasteiger partial charge on any atom is 0.259 e. The van der Waals surface area contributed by atoms with Crippen molar-refractivity contribution in [2.45, 2.75) is 13.3 Å². The molecule has 0 fully saturated rings. The molecule has 2 aromatic heterocycles. The van der Waals surface area contributed by atoms with Gasteiger partial charge in [-0.05, 0) is 23.9 Å². The lowest BCUT2D eigenvalue weighted by molar-refractivity contribution is 0.976. The topological polar surface area (TPSA) is 45.8 Å². The van der Waals surface area contributed by atoms with E-state index in [-0.39, 0.29) is 5.56 Å². The van der Waals surface area contributed by atoms with E-state index in [2.05, 4.69) is 29.0 Å². The zero-order valence-corrected chi connectivity index (χ0v) is 10.8. The van der Waals surface area contributed by atoms with Gasteiger partial charge in [0.2, 0.25) is 0 Å². The van der Waals surface area contributed by atoms with Gasteiger partial charge in [-0.25, -0.2) is 4.98 Å². The van der Waals surface area contributed by atoms with Crippen LogP contribution in [0.15, 0.2) is 40.5 Å². The Bertz CT molecular complexity index is 758. The first kappa shape index (κ1) is 11.2. The van der Waals surface area contributed by atoms with Crippen molar-refractivity contribution in [3.63, 3.8) is 0 Å². The highest BCUT2D eigenvalue weighted by atomic mass is 32.1. The zero-order chi connectivity index (χ0) is 12.5. The van der Waals surface area contributed by atoms with Crippen molar-refractivity contribution in [1.29, 1.82) is 0 Å². The van der Waals surface area contributed by atoms with Crippen molar-refractivity contribution < 1.29 is 0 Å². The number of nitrogens with zero attached hydrogens (tertiary/aromatic N) is 1. The summed E-state index contributed by atoms with van der Waals surface area (Å²) in [5.74, 6) is 0.723. The summed E-state index contributed by atoms with van der Waals surface area (Å²) >= 11 is 1.50. The summed E-state index contributed by atoms with van der Waals surface area (Å²) in [6.07, 6.45) is 0.658. The second-order valence-corrected chi connectivity index (χ2v) is 5.21. The Morgan fingerprint density at radius 1 is 1.33 bits per heavy atom. The van der Waals surface area contributed by atoms with E-state index in [1.165, 1.54) is 16.9 Å². The van der Waals surface area contributed by atoms with Crippen LogP contribution in [0.3, 0.4) is 0 Å². The molecule has 90 valence electrons. The van der Waals surface area contributed by atoms with Crippen molar-refractivity contribution in [1.82, 2.24) is 9.97 Å². The van der Waals surface area contributed by atoms with Crippen molar-refractivity contribution >= 4 is 21.6 Å². The second-order valence-electron chi connectivity index (χ2n) is 4.32. The Balaban J connectivity index is 2.02. The molecule has 0 aliphatic heterocycles. The molecule has 0 radical (unpaired) electrons. The van der Waals surface area contributed by atoms with Gasteiger partial charge < -0.3 is 4.98 Å². The van der Waals surface area contributed by atoms with Crippen molar-refractivity contribution in [3.8, 4) is 0 Å². The Labute approximate surface area is 108 Å². The minimum Gasteiger partial charge on any atom is -0.310 e. The molecule has 0 unspecified atom stereocenters. The molecular weight excluding hydrogens is 244 g/mol. The lowest BCUT2D eigenvalue weighted by atomic mass is 10.1. The third-order valence-electron chi connectivity index (χ3n) is 2.84. The highest BCUT2D eigenvalue weighted by Crippen LogP contribution is 2.15. The van der Waals surface area contributed by atoms with Crippen molar-refractivity contribution in [2.24, 2.45) is 0 Å². The van der Waals surface area contributed by atoms with Gasteiger partial charge in [-0.2, -0.15) is 0 Å². The third-order valence-corrected chi connectivity index (χ3v) is 3.64. The monoisotopic (exact) mass is 256 g/mol. The smallest absolute Gasteiger partial charge is 0.259 e. The number of nitrogens with one attached hydrogen (secondary N) is 1. The fourth-order valence-electron chi connectivity index (χ4n) is 2.01. The molecule has 3 nitrogen and oxygen atoms in total. The summed E-state index contributed by atoms with van der Waals surface area (Å²) in [6, 6.07) is 10.0. The van der Waals surface area contributed by atoms with Crippen LogP contribution in [0.2, 0.25) is 0 Å². The summed E-state index contributed by atoms with van der Waals surface area (Å²) in [6.45, 7) is 2.06. The molecule has 0 aliphatic rings. The number of benzene rings is 1. The summed E-state index contributed by atoms with van der Waals surface area (Å²) in [7, 11) is 0. The largest absolute Gasteiger partial charge is 0.310 e. The molecule has 18 heavy (non-hydrogen) atoms. The minimum absolute atomic E-state index is 0.0519. The number of fused-ring (bicyclic) bond motifs is 1. The standard InChI is InChI=1S/C14H12N2OS/c1-9-3-2-4-10(7-9)8-12-15-13(17)11-5-6-18-14(11)16-12/h2-7H,8H2,1H3,(H,15,16,17). The van der Waals surface area contributed by atoms with E-state index in [0.717, 1.165) is 16.2 Å². The Morgan fingerprint density at radius 3 is 3.06 bits per heavy atom. The van der Waals surface area contributed by atoms with Crippen LogP contribution < -0.4 is 5.56 Å². The van der Waals surface area contributed by atoms with Crippen LogP contribution in [0.5, 0.6) is 0 Å². The van der Waals surface area contributed by atoms with Gasteiger partial charge in [-0.15, -0.1) is 11.3 Å². The Kier molecular flexibility index (Phi) is 2.72. The highest BCUT2D eigenvalue weighted by Gasteiger charge is 2.05. The fraction of sp³-hybridized carbons (Fsp3) is 0.143. The average molecular weight is 256 g/mol. The van der Waals surface area contributed by atoms with Gasteiger partial charge in [0.15, 0.2) is 0 Å². The first-order valence-corrected chi connectivity index (χ1v) is 6.62. The quantitative estimate of drug-likeness (QED) is 0.766. The number of aromatic nitrogens is 2. The molecule has 3 rings (SSSR count). The molecule has 0 atom stereocenters. The van der Waals surface area contributed by atoms with E-state index in [1.807, 2.05) is 23.6 Å². The summed E-state index contributed by atoms with van der Waals surface area (Å²) < 4.78 is 0. The predicted octanol–water partition coefficient (Wildman–Crippen LogP) is 2.88. The Morgan fingerprint density at radius 2 is 2.22 bits per heavy atom. The second kappa shape index (κ2) is 4.38. The fourth-order valence-corrected chi connectivity index (χ4v) is 2.79. The number of rotatable bonds is 2. The van der Waals surface area contributed by atoms with E-state index in [9.17, 15) is 4.79 Å². The molecular formula is C14H12N2OS. The number of hydrogen-bond acceptors (Lipinski definition) is 3. The van der Waals surface area contributed by atoms with E-state index < -0.39 is 0 Å². The van der Waals surface area contributed by atoms with Crippen LogP contribution in [0.1, 0.15) is 17.0 Å². The van der Waals surface area contributed by atoms with Crippen LogP contribution >= 0.6 is 11.3 Å². The van der Waals surface area contributed by atoms with Gasteiger partial charge in [-0.1, -0.05) is 29.8 Å². The highest BCUT2D eigenvalue weighted by molar-refractivity contribution is 7.16. The summed E-state index contributed by atoms with van der Waals surface area (Å²) in [4.78, 5) is 20.0. The third kappa shape index (κ3) is 2.07. The van der Waals surface area contributed by atoms with Crippen LogP contribution in [0, 0.1) is 6.92 Å². The molecule has 0 amide bonds. The van der Waals surface area contributed by atoms with E-state index in [4.69, 9.17) is 0 Å². The first-order valence-electron chi connectivity index (χ1n) is 5.74. The summed E-state index contributed by atoms with van der Waals surface area (Å²) in [5, 5.41) is 2.57. The van der Waals surface area contributed by atoms with Gasteiger partial charge in [0.1, 0.15) is 10.7 Å². The lowest BCUT2D eigenvalue weighted by Crippen LogP contribution is -2.10. The molecule has 0 saturated carbocycles. The molecule has 0 aliphatic carbocycles. The molecule has 1 aromatic carbocycles. The lowest BCUT2D eigenvalue weighted by Gasteiger charge is -2.02. The first-order chi connectivity index (χ1) is 8.72. The van der Waals surface area contributed by atoms with Gasteiger partial charge >= 0.3 is 0 Å². The van der Waals surface area contributed by atoms with Crippen molar-refractivity contribution in [2.75, 3.05) is 0 Å². The number of H-pyrrole nitrogens is 1. The van der Waals surface area contributed by atoms with Gasteiger partial charge in [0.05, 0.1) is 5.39 Å². The average Bonchev–Trinajstić information content (AvgIpc) is 2.77. The summed E-state index contributed by atoms with van der Waals surface area (Å²) in [5.41, 5.74) is 2.32. The van der Waals surface area contributed by atoms with E-state index in [1.54, 1.807) is 0 Å². The number of aromatic amines is 1. The molecule has 0 bridgehead atoms. The van der Waals surface area contributed by atoms with Crippen molar-refractivity contribution in [3.05, 3.63) is 63.0 Å². The molecule has 1 N–H and O–H groups in total. The van der Waals surface area contributed by atoms with Crippen LogP contribution in [-0.4, -0.2) is 9.97 Å². The SMILES string of the molecule is Cc1cccc(Cc2nc3sccc3c(=O)[nH]2)c1. The zero-order valence-electron chi connectivity index (χ0n) is 9.93. The van der Waals surface area contributed by atoms with E-state index in [0.29, 0.717) is 11.8 Å². The van der Waals surface area contributed by atoms with Crippen LogP contribution in [0.4, 0.5) is 0 Å². The van der Waals surface area contributed by atoms with E-state index >= 15 is 0 Å². The van der Waals surface area contributed by atoms with Crippen LogP contribution in [-0.2, 0) is 6.42 Å². The predicted molar refractivity (Wildman–Crippen MR) is 74.2 cm³/mol. The maximum atomic E-state index is 11.8. The molecule has 2 heterocycles.